The van der Waals surface area contributed by atoms with Gasteiger partial charge in [0.25, 0.3) is 0 Å². The van der Waals surface area contributed by atoms with Crippen LogP contribution in [0, 0.1) is 0 Å². The molecular formula is C17H22BrNS. The van der Waals surface area contributed by atoms with Gasteiger partial charge in [0.15, 0.2) is 0 Å². The van der Waals surface area contributed by atoms with Crippen molar-refractivity contribution in [2.75, 3.05) is 6.54 Å². The Bertz CT molecular complexity index is 551. The number of nitrogens with one attached hydrogen (secondary N) is 1. The molecule has 1 N–H and O–H groups in total. The van der Waals surface area contributed by atoms with Crippen LogP contribution in [0.25, 0.3) is 0 Å². The average molecular weight is 352 g/mol. The lowest BCUT2D eigenvalue weighted by Gasteiger charge is -2.22. The Morgan fingerprint density at radius 1 is 1.15 bits per heavy atom. The van der Waals surface area contributed by atoms with E-state index in [9.17, 15) is 0 Å². The number of hydrogen-bond acceptors (Lipinski definition) is 2. The normalized spacial score (nSPS) is 13.4. The summed E-state index contributed by atoms with van der Waals surface area (Å²) in [7, 11) is 0. The molecule has 20 heavy (non-hydrogen) atoms. The van der Waals surface area contributed by atoms with Crippen molar-refractivity contribution in [2.24, 2.45) is 0 Å². The topological polar surface area (TPSA) is 12.0 Å². The molecule has 3 heteroatoms. The monoisotopic (exact) mass is 351 g/mol. The predicted molar refractivity (Wildman–Crippen MR) is 92.7 cm³/mol. The van der Waals surface area contributed by atoms with Crippen molar-refractivity contribution in [1.82, 2.24) is 5.32 Å². The molecule has 0 saturated carbocycles. The second-order valence-electron chi connectivity index (χ2n) is 6.04. The van der Waals surface area contributed by atoms with E-state index in [0.717, 1.165) is 6.54 Å². The van der Waals surface area contributed by atoms with Crippen LogP contribution in [0.15, 0.2) is 39.5 Å². The van der Waals surface area contributed by atoms with E-state index >= 15 is 0 Å². The maximum Gasteiger partial charge on any atom is 0.0596 e. The first kappa shape index (κ1) is 15.7. The number of halogens is 1. The summed E-state index contributed by atoms with van der Waals surface area (Å²) in [4.78, 5) is 0. The number of thiophene rings is 1. The van der Waals surface area contributed by atoms with Gasteiger partial charge in [0.05, 0.1) is 6.04 Å². The average Bonchev–Trinajstić information content (AvgIpc) is 2.81. The standard InChI is InChI=1S/C17H22BrNS/c1-5-19-16(14-10-20-11-15(14)18)12-6-8-13(9-7-12)17(2,3)4/h6-11,16,19H,5H2,1-4H3. The Hall–Kier alpha value is -0.640. The molecule has 0 aliphatic rings. The van der Waals surface area contributed by atoms with Crippen molar-refractivity contribution in [3.63, 3.8) is 0 Å². The van der Waals surface area contributed by atoms with Crippen LogP contribution in [-0.4, -0.2) is 6.54 Å². The first-order valence-electron chi connectivity index (χ1n) is 6.99. The van der Waals surface area contributed by atoms with E-state index in [2.05, 4.69) is 84.0 Å². The van der Waals surface area contributed by atoms with E-state index in [1.165, 1.54) is 21.2 Å². The molecule has 0 bridgehead atoms. The summed E-state index contributed by atoms with van der Waals surface area (Å²) in [5.41, 5.74) is 4.22. The summed E-state index contributed by atoms with van der Waals surface area (Å²) in [6.07, 6.45) is 0. The molecule has 1 heterocycles. The molecule has 0 aliphatic carbocycles. The second-order valence-corrected chi connectivity index (χ2v) is 7.64. The predicted octanol–water partition coefficient (Wildman–Crippen LogP) is 5.51. The van der Waals surface area contributed by atoms with Gasteiger partial charge < -0.3 is 5.32 Å². The Kier molecular flexibility index (Phi) is 5.05. The van der Waals surface area contributed by atoms with Gasteiger partial charge in [-0.2, -0.15) is 11.3 Å². The van der Waals surface area contributed by atoms with Gasteiger partial charge >= 0.3 is 0 Å². The molecule has 1 nitrogen and oxygen atoms in total. The molecule has 0 spiro atoms. The van der Waals surface area contributed by atoms with Gasteiger partial charge in [-0.25, -0.2) is 0 Å². The lowest BCUT2D eigenvalue weighted by Crippen LogP contribution is -2.22. The van der Waals surface area contributed by atoms with Crippen LogP contribution < -0.4 is 5.32 Å². The Balaban J connectivity index is 2.33. The molecule has 2 rings (SSSR count). The van der Waals surface area contributed by atoms with Crippen molar-refractivity contribution in [2.45, 2.75) is 39.2 Å². The minimum atomic E-state index is 0.204. The van der Waals surface area contributed by atoms with Gasteiger partial charge in [-0.05, 0) is 50.0 Å². The smallest absolute Gasteiger partial charge is 0.0596 e. The lowest BCUT2D eigenvalue weighted by atomic mass is 9.86. The highest BCUT2D eigenvalue weighted by molar-refractivity contribution is 9.10. The van der Waals surface area contributed by atoms with Crippen LogP contribution in [0.2, 0.25) is 0 Å². The molecule has 0 fully saturated rings. The Morgan fingerprint density at radius 3 is 2.25 bits per heavy atom. The van der Waals surface area contributed by atoms with Gasteiger partial charge in [-0.15, -0.1) is 0 Å². The third-order valence-corrected chi connectivity index (χ3v) is 5.22. The van der Waals surface area contributed by atoms with Crippen LogP contribution >= 0.6 is 27.3 Å². The minimum Gasteiger partial charge on any atom is -0.306 e. The van der Waals surface area contributed by atoms with Crippen LogP contribution in [0.3, 0.4) is 0 Å². The van der Waals surface area contributed by atoms with Gasteiger partial charge in [0.2, 0.25) is 0 Å². The fourth-order valence-corrected chi connectivity index (χ4v) is 3.84. The van der Waals surface area contributed by atoms with Crippen molar-refractivity contribution in [3.8, 4) is 0 Å². The second kappa shape index (κ2) is 6.42. The van der Waals surface area contributed by atoms with E-state index in [-0.39, 0.29) is 11.5 Å². The molecule has 108 valence electrons. The molecule has 1 unspecified atom stereocenters. The number of benzene rings is 1. The highest BCUT2D eigenvalue weighted by Gasteiger charge is 2.18. The van der Waals surface area contributed by atoms with Crippen molar-refractivity contribution in [1.29, 1.82) is 0 Å². The number of rotatable bonds is 4. The fraction of sp³-hybridized carbons (Fsp3) is 0.412. The third kappa shape index (κ3) is 3.51. The maximum absolute atomic E-state index is 3.65. The van der Waals surface area contributed by atoms with Crippen molar-refractivity contribution < 1.29 is 0 Å². The van der Waals surface area contributed by atoms with E-state index in [1.807, 2.05) is 0 Å². The quantitative estimate of drug-likeness (QED) is 0.765. The maximum atomic E-state index is 3.65. The first-order chi connectivity index (χ1) is 9.43. The zero-order valence-corrected chi connectivity index (χ0v) is 14.9. The zero-order chi connectivity index (χ0) is 14.8. The lowest BCUT2D eigenvalue weighted by molar-refractivity contribution is 0.587. The SMILES string of the molecule is CCNC(c1ccc(C(C)(C)C)cc1)c1cscc1Br. The van der Waals surface area contributed by atoms with Crippen LogP contribution in [0.1, 0.15) is 50.4 Å². The summed E-state index contributed by atoms with van der Waals surface area (Å²) in [5, 5.41) is 7.94. The Morgan fingerprint density at radius 2 is 1.80 bits per heavy atom. The Labute approximate surface area is 134 Å². The van der Waals surface area contributed by atoms with Crippen LogP contribution in [0.5, 0.6) is 0 Å². The van der Waals surface area contributed by atoms with Gasteiger partial charge in [-0.3, -0.25) is 0 Å². The van der Waals surface area contributed by atoms with Crippen molar-refractivity contribution in [3.05, 3.63) is 56.2 Å². The molecule has 1 aromatic heterocycles. The van der Waals surface area contributed by atoms with Gasteiger partial charge in [0, 0.05) is 9.85 Å². The molecule has 1 aromatic carbocycles. The molecule has 0 radical (unpaired) electrons. The minimum absolute atomic E-state index is 0.204. The molecular weight excluding hydrogens is 330 g/mol. The molecule has 0 aliphatic heterocycles. The summed E-state index contributed by atoms with van der Waals surface area (Å²) < 4.78 is 1.19. The highest BCUT2D eigenvalue weighted by Crippen LogP contribution is 2.32. The van der Waals surface area contributed by atoms with E-state index in [1.54, 1.807) is 11.3 Å². The summed E-state index contributed by atoms with van der Waals surface area (Å²) >= 11 is 5.39. The summed E-state index contributed by atoms with van der Waals surface area (Å²) in [5.74, 6) is 0. The molecule has 0 saturated heterocycles. The van der Waals surface area contributed by atoms with E-state index in [4.69, 9.17) is 0 Å². The van der Waals surface area contributed by atoms with Crippen LogP contribution in [-0.2, 0) is 5.41 Å². The number of hydrogen-bond donors (Lipinski definition) is 1. The van der Waals surface area contributed by atoms with Gasteiger partial charge in [-0.1, -0.05) is 52.0 Å². The van der Waals surface area contributed by atoms with Gasteiger partial charge in [0.1, 0.15) is 0 Å². The molecule has 0 amide bonds. The largest absolute Gasteiger partial charge is 0.306 e. The van der Waals surface area contributed by atoms with Crippen LogP contribution in [0.4, 0.5) is 0 Å². The van der Waals surface area contributed by atoms with Crippen molar-refractivity contribution >= 4 is 27.3 Å². The summed E-state index contributed by atoms with van der Waals surface area (Å²) in [6.45, 7) is 9.85. The first-order valence-corrected chi connectivity index (χ1v) is 8.72. The van der Waals surface area contributed by atoms with E-state index in [0.29, 0.717) is 0 Å². The molecule has 1 atom stereocenters. The zero-order valence-electron chi connectivity index (χ0n) is 12.5. The van der Waals surface area contributed by atoms with E-state index < -0.39 is 0 Å². The fourth-order valence-electron chi connectivity index (χ4n) is 2.28. The third-order valence-electron chi connectivity index (χ3n) is 3.47. The molecule has 2 aromatic rings. The summed E-state index contributed by atoms with van der Waals surface area (Å²) in [6, 6.07) is 9.25. The highest BCUT2D eigenvalue weighted by atomic mass is 79.9.